The number of likely N-dealkylation sites (N-methyl/N-ethyl adjacent to an activating group) is 1. The van der Waals surface area contributed by atoms with E-state index in [9.17, 15) is 4.79 Å². The van der Waals surface area contributed by atoms with Gasteiger partial charge in [-0.2, -0.15) is 0 Å². The Hall–Kier alpha value is -2.69. The number of amides is 1. The first kappa shape index (κ1) is 16.2. The average molecular weight is 327 g/mol. The molecule has 0 bridgehead atoms. The zero-order chi connectivity index (χ0) is 16.9. The monoisotopic (exact) mass is 327 g/mol. The number of carbonyl (C=O) groups is 1. The van der Waals surface area contributed by atoms with Gasteiger partial charge in [0.25, 0.3) is 0 Å². The molecule has 1 aliphatic heterocycles. The Kier molecular flexibility index (Phi) is 4.89. The molecule has 0 fully saturated rings. The van der Waals surface area contributed by atoms with Crippen LogP contribution >= 0.6 is 0 Å². The van der Waals surface area contributed by atoms with Crippen LogP contribution in [0.1, 0.15) is 12.5 Å². The number of carbonyl (C=O) groups excluding carboxylic acids is 1. The van der Waals surface area contributed by atoms with Crippen LogP contribution in [0.5, 0.6) is 17.2 Å². The van der Waals surface area contributed by atoms with Gasteiger partial charge in [-0.25, -0.2) is 0 Å². The molecule has 0 radical (unpaired) electrons. The van der Waals surface area contributed by atoms with E-state index >= 15 is 0 Å². The molecule has 0 atom stereocenters. The Bertz CT molecular complexity index is 712. The maximum Gasteiger partial charge on any atom is 0.231 e. The van der Waals surface area contributed by atoms with Crippen LogP contribution in [0.15, 0.2) is 42.5 Å². The van der Waals surface area contributed by atoms with Gasteiger partial charge in [-0.15, -0.1) is 0 Å². The van der Waals surface area contributed by atoms with Crippen LogP contribution in [0.3, 0.4) is 0 Å². The minimum Gasteiger partial charge on any atom is -0.494 e. The van der Waals surface area contributed by atoms with E-state index in [4.69, 9.17) is 14.2 Å². The van der Waals surface area contributed by atoms with E-state index in [-0.39, 0.29) is 5.91 Å². The predicted octanol–water partition coefficient (Wildman–Crippen LogP) is 3.06. The lowest BCUT2D eigenvalue weighted by atomic mass is 10.1. The van der Waals surface area contributed by atoms with Crippen molar-refractivity contribution in [3.63, 3.8) is 0 Å². The summed E-state index contributed by atoms with van der Waals surface area (Å²) in [5.41, 5.74) is 1.74. The first-order chi connectivity index (χ1) is 11.7. The lowest BCUT2D eigenvalue weighted by Gasteiger charge is -2.22. The molecule has 5 heteroatoms. The molecule has 3 rings (SSSR count). The van der Waals surface area contributed by atoms with Crippen molar-refractivity contribution in [2.45, 2.75) is 13.3 Å². The number of hydrogen-bond acceptors (Lipinski definition) is 4. The van der Waals surface area contributed by atoms with Gasteiger partial charge in [0.05, 0.1) is 13.0 Å². The molecule has 0 unspecified atom stereocenters. The van der Waals surface area contributed by atoms with Crippen molar-refractivity contribution in [1.82, 2.24) is 0 Å². The highest BCUT2D eigenvalue weighted by Gasteiger charge is 2.16. The van der Waals surface area contributed by atoms with Crippen molar-refractivity contribution in [3.8, 4) is 17.2 Å². The molecule has 0 aromatic heterocycles. The smallest absolute Gasteiger partial charge is 0.231 e. The van der Waals surface area contributed by atoms with Crippen molar-refractivity contribution in [3.05, 3.63) is 48.0 Å². The molecule has 0 saturated carbocycles. The van der Waals surface area contributed by atoms with Crippen LogP contribution in [0.25, 0.3) is 0 Å². The third-order valence-electron chi connectivity index (χ3n) is 3.88. The molecule has 5 nitrogen and oxygen atoms in total. The summed E-state index contributed by atoms with van der Waals surface area (Å²) in [5.74, 6) is 2.22. The minimum atomic E-state index is 0.0100. The van der Waals surface area contributed by atoms with Crippen molar-refractivity contribution in [1.29, 1.82) is 0 Å². The minimum absolute atomic E-state index is 0.0100. The van der Waals surface area contributed by atoms with Crippen LogP contribution < -0.4 is 19.1 Å². The van der Waals surface area contributed by atoms with Gasteiger partial charge in [-0.3, -0.25) is 4.79 Å². The van der Waals surface area contributed by atoms with Crippen molar-refractivity contribution in [2.24, 2.45) is 0 Å². The SMILES string of the molecule is CCOc1ccc(CC(=O)N(C)c2ccc3c(c2)OCCO3)cc1. The Balaban J connectivity index is 1.68. The van der Waals surface area contributed by atoms with E-state index in [1.807, 2.05) is 49.4 Å². The van der Waals surface area contributed by atoms with Crippen LogP contribution in [0.2, 0.25) is 0 Å². The second kappa shape index (κ2) is 7.25. The second-order valence-corrected chi connectivity index (χ2v) is 5.53. The highest BCUT2D eigenvalue weighted by atomic mass is 16.6. The van der Waals surface area contributed by atoms with E-state index in [1.165, 1.54) is 0 Å². The van der Waals surface area contributed by atoms with Gasteiger partial charge in [-0.1, -0.05) is 12.1 Å². The van der Waals surface area contributed by atoms with Crippen LogP contribution in [-0.2, 0) is 11.2 Å². The Morgan fingerprint density at radius 1 is 1.08 bits per heavy atom. The van der Waals surface area contributed by atoms with Crippen LogP contribution in [0, 0.1) is 0 Å². The molecule has 1 heterocycles. The van der Waals surface area contributed by atoms with Crippen LogP contribution in [-0.4, -0.2) is 32.8 Å². The van der Waals surface area contributed by atoms with Gasteiger partial charge in [0, 0.05) is 18.8 Å². The average Bonchev–Trinajstić information content (AvgIpc) is 2.62. The van der Waals surface area contributed by atoms with Crippen molar-refractivity contribution in [2.75, 3.05) is 31.8 Å². The fourth-order valence-electron chi connectivity index (χ4n) is 2.55. The molecule has 0 spiro atoms. The maximum atomic E-state index is 12.5. The second-order valence-electron chi connectivity index (χ2n) is 5.53. The quantitative estimate of drug-likeness (QED) is 0.847. The van der Waals surface area contributed by atoms with E-state index in [0.717, 1.165) is 22.7 Å². The maximum absolute atomic E-state index is 12.5. The van der Waals surface area contributed by atoms with E-state index in [0.29, 0.717) is 32.0 Å². The summed E-state index contributed by atoms with van der Waals surface area (Å²) in [5, 5.41) is 0. The normalized spacial score (nSPS) is 12.6. The number of rotatable bonds is 5. The largest absolute Gasteiger partial charge is 0.494 e. The molecular formula is C19H21NO4. The summed E-state index contributed by atoms with van der Waals surface area (Å²) in [6.45, 7) is 3.66. The number of hydrogen-bond donors (Lipinski definition) is 0. The molecular weight excluding hydrogens is 306 g/mol. The summed E-state index contributed by atoms with van der Waals surface area (Å²) in [7, 11) is 1.77. The predicted molar refractivity (Wildman–Crippen MR) is 92.2 cm³/mol. The Morgan fingerprint density at radius 3 is 2.50 bits per heavy atom. The number of benzene rings is 2. The topological polar surface area (TPSA) is 48.0 Å². The van der Waals surface area contributed by atoms with Gasteiger partial charge in [0.15, 0.2) is 11.5 Å². The fraction of sp³-hybridized carbons (Fsp3) is 0.316. The molecule has 1 amide bonds. The van der Waals surface area contributed by atoms with E-state index < -0.39 is 0 Å². The van der Waals surface area contributed by atoms with E-state index in [1.54, 1.807) is 11.9 Å². The number of anilines is 1. The third kappa shape index (κ3) is 3.62. The first-order valence-electron chi connectivity index (χ1n) is 8.05. The zero-order valence-electron chi connectivity index (χ0n) is 14.0. The standard InChI is InChI=1S/C19H21NO4/c1-3-22-16-7-4-14(5-8-16)12-19(21)20(2)15-6-9-17-18(13-15)24-11-10-23-17/h4-9,13H,3,10-12H2,1-2H3. The summed E-state index contributed by atoms with van der Waals surface area (Å²) < 4.78 is 16.5. The first-order valence-corrected chi connectivity index (χ1v) is 8.05. The molecule has 2 aromatic rings. The number of fused-ring (bicyclic) bond motifs is 1. The Morgan fingerprint density at radius 2 is 1.79 bits per heavy atom. The van der Waals surface area contributed by atoms with Gasteiger partial charge in [-0.05, 0) is 36.8 Å². The lowest BCUT2D eigenvalue weighted by Crippen LogP contribution is -2.28. The summed E-state index contributed by atoms with van der Waals surface area (Å²) in [6, 6.07) is 13.1. The van der Waals surface area contributed by atoms with Crippen molar-refractivity contribution < 1.29 is 19.0 Å². The highest BCUT2D eigenvalue weighted by Crippen LogP contribution is 2.33. The van der Waals surface area contributed by atoms with E-state index in [2.05, 4.69) is 0 Å². The molecule has 2 aromatic carbocycles. The molecule has 0 aliphatic carbocycles. The number of nitrogens with zero attached hydrogens (tertiary/aromatic N) is 1. The summed E-state index contributed by atoms with van der Waals surface area (Å²) in [6.07, 6.45) is 0.331. The van der Waals surface area contributed by atoms with Gasteiger partial charge in [0.1, 0.15) is 19.0 Å². The van der Waals surface area contributed by atoms with Crippen molar-refractivity contribution >= 4 is 11.6 Å². The summed E-state index contributed by atoms with van der Waals surface area (Å²) in [4.78, 5) is 14.1. The summed E-state index contributed by atoms with van der Waals surface area (Å²) >= 11 is 0. The van der Waals surface area contributed by atoms with Gasteiger partial charge < -0.3 is 19.1 Å². The molecule has 24 heavy (non-hydrogen) atoms. The number of ether oxygens (including phenoxy) is 3. The molecule has 0 saturated heterocycles. The Labute approximate surface area is 141 Å². The highest BCUT2D eigenvalue weighted by molar-refractivity contribution is 5.94. The molecule has 0 N–H and O–H groups in total. The lowest BCUT2D eigenvalue weighted by molar-refractivity contribution is -0.117. The fourth-order valence-corrected chi connectivity index (χ4v) is 2.55. The zero-order valence-corrected chi connectivity index (χ0v) is 14.0. The third-order valence-corrected chi connectivity index (χ3v) is 3.88. The van der Waals surface area contributed by atoms with Crippen LogP contribution in [0.4, 0.5) is 5.69 Å². The van der Waals surface area contributed by atoms with Gasteiger partial charge in [0.2, 0.25) is 5.91 Å². The van der Waals surface area contributed by atoms with Gasteiger partial charge >= 0.3 is 0 Å². The molecule has 126 valence electrons. The molecule has 1 aliphatic rings.